The Labute approximate surface area is 188 Å². The molecule has 0 fully saturated rings. The lowest BCUT2D eigenvalue weighted by molar-refractivity contribution is -0.359. The number of halogens is 2. The summed E-state index contributed by atoms with van der Waals surface area (Å²) >= 11 is 1.45. The molecule has 2 aliphatic heterocycles. The average molecular weight is 448 g/mol. The summed E-state index contributed by atoms with van der Waals surface area (Å²) in [7, 11) is 0. The Hall–Kier alpha value is -3.52. The Bertz CT molecular complexity index is 1320. The number of carbonyl (C=O) groups is 1. The highest BCUT2D eigenvalue weighted by Crippen LogP contribution is 2.37. The lowest BCUT2D eigenvalue weighted by Crippen LogP contribution is -2.50. The Balaban J connectivity index is 1.46. The second-order valence-electron chi connectivity index (χ2n) is 7.67. The van der Waals surface area contributed by atoms with Crippen LogP contribution >= 0.6 is 11.3 Å². The highest BCUT2D eigenvalue weighted by Gasteiger charge is 2.52. The SMILES string of the molecule is CC(=O)COc1ccc(/C=C/C2=[N+]3C(=Cc4ccc(-c5cccs5)n4[B-]3(F)F)C=C2)cc1. The van der Waals surface area contributed by atoms with Gasteiger partial charge in [0.05, 0.1) is 0 Å². The predicted molar refractivity (Wildman–Crippen MR) is 125 cm³/mol. The Morgan fingerprint density at radius 2 is 1.94 bits per heavy atom. The van der Waals surface area contributed by atoms with Gasteiger partial charge in [-0.15, -0.1) is 11.3 Å². The van der Waals surface area contributed by atoms with Gasteiger partial charge in [0.2, 0.25) is 0 Å². The molecule has 2 aromatic heterocycles. The maximum atomic E-state index is 15.8. The maximum Gasteiger partial charge on any atom is 0.737 e. The molecule has 0 unspecified atom stereocenters. The normalized spacial score (nSPS) is 16.3. The van der Waals surface area contributed by atoms with Gasteiger partial charge < -0.3 is 22.3 Å². The van der Waals surface area contributed by atoms with Crippen LogP contribution in [0.15, 0.2) is 77.8 Å². The monoisotopic (exact) mass is 448 g/mol. The van der Waals surface area contributed by atoms with E-state index in [0.717, 1.165) is 19.4 Å². The first-order valence-corrected chi connectivity index (χ1v) is 11.1. The van der Waals surface area contributed by atoms with Gasteiger partial charge >= 0.3 is 6.97 Å². The molecule has 4 nitrogen and oxygen atoms in total. The van der Waals surface area contributed by atoms with E-state index in [1.807, 2.05) is 29.6 Å². The number of benzene rings is 1. The standard InChI is InChI=1S/C24H19BF2N2O2S/c1-17(30)16-31-22-11-5-18(6-12-22)4-7-19-8-9-20-15-21-10-13-23(24-3-2-14-32-24)29(21)25(26,27)28(19)20/h2-15H,16H2,1H3/b7-4+. The number of aromatic nitrogens is 1. The number of carbonyl (C=O) groups excluding carboxylic acids is 1. The number of rotatable bonds is 6. The summed E-state index contributed by atoms with van der Waals surface area (Å²) in [6.07, 6.45) is 8.69. The van der Waals surface area contributed by atoms with Gasteiger partial charge in [-0.05, 0) is 54.3 Å². The van der Waals surface area contributed by atoms with Gasteiger partial charge in [0, 0.05) is 40.6 Å². The Morgan fingerprint density at radius 3 is 2.66 bits per heavy atom. The van der Waals surface area contributed by atoms with Crippen LogP contribution in [0.2, 0.25) is 0 Å². The zero-order chi connectivity index (χ0) is 22.3. The van der Waals surface area contributed by atoms with Crippen molar-refractivity contribution >= 4 is 42.0 Å². The maximum absolute atomic E-state index is 15.8. The number of thiophene rings is 1. The summed E-state index contributed by atoms with van der Waals surface area (Å²) in [5.41, 5.74) is 2.76. The fourth-order valence-corrected chi connectivity index (χ4v) is 4.70. The van der Waals surface area contributed by atoms with Crippen LogP contribution in [0.3, 0.4) is 0 Å². The van der Waals surface area contributed by atoms with Crippen molar-refractivity contribution in [2.24, 2.45) is 0 Å². The molecule has 160 valence electrons. The van der Waals surface area contributed by atoms with Crippen LogP contribution < -0.4 is 4.74 Å². The largest absolute Gasteiger partial charge is 0.737 e. The molecule has 0 spiro atoms. The summed E-state index contributed by atoms with van der Waals surface area (Å²) < 4.78 is 39.2. The van der Waals surface area contributed by atoms with Crippen LogP contribution in [0.25, 0.3) is 22.7 Å². The van der Waals surface area contributed by atoms with Gasteiger partial charge in [-0.1, -0.05) is 18.2 Å². The van der Waals surface area contributed by atoms with Gasteiger partial charge in [-0.3, -0.25) is 4.79 Å². The molecule has 32 heavy (non-hydrogen) atoms. The van der Waals surface area contributed by atoms with E-state index in [4.69, 9.17) is 4.74 Å². The van der Waals surface area contributed by atoms with E-state index in [-0.39, 0.29) is 12.4 Å². The highest BCUT2D eigenvalue weighted by atomic mass is 32.1. The van der Waals surface area contributed by atoms with Crippen LogP contribution in [-0.4, -0.2) is 34.0 Å². The minimum atomic E-state index is -4.06. The summed E-state index contributed by atoms with van der Waals surface area (Å²) in [6.45, 7) is -2.57. The van der Waals surface area contributed by atoms with E-state index >= 15 is 8.63 Å². The first kappa shape index (κ1) is 20.4. The van der Waals surface area contributed by atoms with Crippen molar-refractivity contribution < 1.29 is 22.6 Å². The first-order chi connectivity index (χ1) is 15.4. The number of hydrogen-bond acceptors (Lipinski definition) is 3. The predicted octanol–water partition coefficient (Wildman–Crippen LogP) is 5.50. The molecule has 0 atom stereocenters. The van der Waals surface area contributed by atoms with E-state index in [2.05, 4.69) is 0 Å². The number of hydrogen-bond donors (Lipinski definition) is 0. The number of ketones is 1. The minimum absolute atomic E-state index is 0.0218. The smallest absolute Gasteiger partial charge is 0.486 e. The fourth-order valence-electron chi connectivity index (χ4n) is 3.95. The third-order valence-corrected chi connectivity index (χ3v) is 6.28. The topological polar surface area (TPSA) is 34.2 Å². The lowest BCUT2D eigenvalue weighted by atomic mass is 9.90. The van der Waals surface area contributed by atoms with Gasteiger partial charge in [-0.25, -0.2) is 0 Å². The molecule has 5 rings (SSSR count). The van der Waals surface area contributed by atoms with Crippen LogP contribution in [0.5, 0.6) is 5.75 Å². The third kappa shape index (κ3) is 3.56. The number of ether oxygens (including phenoxy) is 1. The number of Topliss-reactive ketones (excluding diaryl/α,β-unsaturated/α-hetero) is 1. The molecule has 0 saturated heterocycles. The van der Waals surface area contributed by atoms with E-state index in [0.29, 0.717) is 28.5 Å². The van der Waals surface area contributed by atoms with E-state index in [1.54, 1.807) is 54.6 Å². The second-order valence-corrected chi connectivity index (χ2v) is 8.62. The van der Waals surface area contributed by atoms with E-state index < -0.39 is 6.97 Å². The van der Waals surface area contributed by atoms with E-state index in [9.17, 15) is 4.79 Å². The lowest BCUT2D eigenvalue weighted by Gasteiger charge is -2.30. The average Bonchev–Trinajstić information content (AvgIpc) is 3.51. The number of allylic oxidation sites excluding steroid dienone is 3. The number of fused-ring (bicyclic) bond motifs is 2. The summed E-state index contributed by atoms with van der Waals surface area (Å²) in [6, 6.07) is 14.4. The Morgan fingerprint density at radius 1 is 1.12 bits per heavy atom. The molecule has 1 aromatic carbocycles. The van der Waals surface area contributed by atoms with Crippen LogP contribution in [0, 0.1) is 0 Å². The van der Waals surface area contributed by atoms with Gasteiger partial charge in [0.25, 0.3) is 0 Å². The van der Waals surface area contributed by atoms with Crippen molar-refractivity contribution in [3.05, 3.63) is 89.1 Å². The number of nitrogens with zero attached hydrogens (tertiary/aromatic N) is 2. The van der Waals surface area contributed by atoms with Crippen LogP contribution in [0.1, 0.15) is 18.2 Å². The van der Waals surface area contributed by atoms with Gasteiger partial charge in [-0.2, -0.15) is 0 Å². The fraction of sp³-hybridized carbons (Fsp3) is 0.0833. The second kappa shape index (κ2) is 7.87. The quantitative estimate of drug-likeness (QED) is 0.467. The van der Waals surface area contributed by atoms with Crippen LogP contribution in [0.4, 0.5) is 8.63 Å². The van der Waals surface area contributed by atoms with Crippen molar-refractivity contribution in [1.82, 2.24) is 4.48 Å². The van der Waals surface area contributed by atoms with Crippen molar-refractivity contribution in [2.75, 3.05) is 6.61 Å². The van der Waals surface area contributed by atoms with Crippen molar-refractivity contribution in [3.63, 3.8) is 0 Å². The molecule has 0 aliphatic carbocycles. The molecule has 0 bridgehead atoms. The van der Waals surface area contributed by atoms with Crippen molar-refractivity contribution in [3.8, 4) is 16.3 Å². The highest BCUT2D eigenvalue weighted by molar-refractivity contribution is 7.13. The summed E-state index contributed by atoms with van der Waals surface area (Å²) in [4.78, 5) is 11.8. The first-order valence-electron chi connectivity index (χ1n) is 10.2. The molecule has 2 aliphatic rings. The molecule has 8 heteroatoms. The van der Waals surface area contributed by atoms with E-state index in [1.165, 1.54) is 18.3 Å². The van der Waals surface area contributed by atoms with Crippen molar-refractivity contribution in [1.29, 1.82) is 0 Å². The zero-order valence-corrected chi connectivity index (χ0v) is 18.1. The third-order valence-electron chi connectivity index (χ3n) is 5.39. The minimum Gasteiger partial charge on any atom is -0.486 e. The molecular weight excluding hydrogens is 429 g/mol. The summed E-state index contributed by atoms with van der Waals surface area (Å²) in [5, 5.41) is 1.89. The molecular formula is C24H19BF2N2O2S. The van der Waals surface area contributed by atoms with Gasteiger partial charge in [0.1, 0.15) is 12.4 Å². The Kier molecular flexibility index (Phi) is 5.02. The summed E-state index contributed by atoms with van der Waals surface area (Å²) in [5.74, 6) is 0.530. The molecule has 4 heterocycles. The molecule has 0 radical (unpaired) electrons. The van der Waals surface area contributed by atoms with Gasteiger partial charge in [0.15, 0.2) is 17.2 Å². The molecule has 0 saturated carbocycles. The molecule has 0 N–H and O–H groups in total. The zero-order valence-electron chi connectivity index (χ0n) is 17.2. The molecule has 3 aromatic rings. The van der Waals surface area contributed by atoms with Crippen molar-refractivity contribution in [2.45, 2.75) is 6.92 Å². The van der Waals surface area contributed by atoms with Crippen LogP contribution in [-0.2, 0) is 4.79 Å². The molecule has 0 amide bonds.